The monoisotopic (exact) mass is 364 g/mol. The maximum atomic E-state index is 14.0. The van der Waals surface area contributed by atoms with Crippen LogP contribution in [-0.2, 0) is 17.8 Å². The molecule has 1 fully saturated rings. The van der Waals surface area contributed by atoms with Gasteiger partial charge in [-0.05, 0) is 19.4 Å². The number of benzene rings is 1. The Bertz CT molecular complexity index is 847. The van der Waals surface area contributed by atoms with Crippen LogP contribution >= 0.6 is 0 Å². The first kappa shape index (κ1) is 17.4. The maximum Gasteiger partial charge on any atom is 0.161 e. The summed E-state index contributed by atoms with van der Waals surface area (Å²) < 4.78 is 46.4. The predicted octanol–water partition coefficient (Wildman–Crippen LogP) is 2.38. The normalized spacial score (nSPS) is 26.1. The second-order valence-electron chi connectivity index (χ2n) is 6.89. The summed E-state index contributed by atoms with van der Waals surface area (Å²) in [5.41, 5.74) is 8.23. The molecular formula is C18H19F3N4O. The number of halogens is 3. The molecule has 1 aromatic carbocycles. The Labute approximate surface area is 149 Å². The fourth-order valence-electron chi connectivity index (χ4n) is 3.71. The second-order valence-corrected chi connectivity index (χ2v) is 6.89. The molecule has 0 aliphatic carbocycles. The highest BCUT2D eigenvalue weighted by atomic mass is 19.2. The molecule has 0 radical (unpaired) electrons. The molecule has 2 aromatic rings. The topological polar surface area (TPSA) is 64.3 Å². The smallest absolute Gasteiger partial charge is 0.161 e. The van der Waals surface area contributed by atoms with Crippen molar-refractivity contribution in [3.05, 3.63) is 58.4 Å². The molecule has 4 rings (SSSR count). The summed E-state index contributed by atoms with van der Waals surface area (Å²) >= 11 is 0. The fraction of sp³-hybridized carbons (Fsp3) is 0.444. The molecule has 0 bridgehead atoms. The van der Waals surface area contributed by atoms with Crippen LogP contribution in [0.5, 0.6) is 0 Å². The lowest BCUT2D eigenvalue weighted by Gasteiger charge is -2.38. The first-order valence-electron chi connectivity index (χ1n) is 8.49. The van der Waals surface area contributed by atoms with Gasteiger partial charge in [0, 0.05) is 48.6 Å². The van der Waals surface area contributed by atoms with E-state index in [4.69, 9.17) is 10.5 Å². The molecule has 2 N–H and O–H groups in total. The van der Waals surface area contributed by atoms with Gasteiger partial charge in [-0.15, -0.1) is 0 Å². The van der Waals surface area contributed by atoms with E-state index in [1.807, 2.05) is 13.1 Å². The number of ether oxygens (including phenoxy) is 1. The van der Waals surface area contributed by atoms with Crippen molar-refractivity contribution in [1.82, 2.24) is 14.9 Å². The zero-order valence-electron chi connectivity index (χ0n) is 14.3. The zero-order chi connectivity index (χ0) is 18.4. The number of aromatic nitrogens is 2. The van der Waals surface area contributed by atoms with Crippen molar-refractivity contribution >= 4 is 0 Å². The van der Waals surface area contributed by atoms with Crippen molar-refractivity contribution < 1.29 is 17.9 Å². The molecule has 2 unspecified atom stereocenters. The lowest BCUT2D eigenvalue weighted by Crippen LogP contribution is -2.47. The van der Waals surface area contributed by atoms with Crippen LogP contribution < -0.4 is 5.73 Å². The van der Waals surface area contributed by atoms with Gasteiger partial charge in [-0.25, -0.2) is 23.1 Å². The molecule has 26 heavy (non-hydrogen) atoms. The number of aryl methyl sites for hydroxylation is 1. The van der Waals surface area contributed by atoms with Crippen LogP contribution in [0.2, 0.25) is 0 Å². The van der Waals surface area contributed by atoms with Crippen molar-refractivity contribution in [2.75, 3.05) is 6.61 Å². The molecule has 2 aliphatic heterocycles. The molecule has 1 saturated heterocycles. The molecule has 1 aromatic heterocycles. The summed E-state index contributed by atoms with van der Waals surface area (Å²) in [4.78, 5) is 10.9. The van der Waals surface area contributed by atoms with E-state index in [0.717, 1.165) is 23.1 Å². The number of nitrogens with two attached hydrogens (primary N) is 1. The highest BCUT2D eigenvalue weighted by molar-refractivity contribution is 5.25. The number of nitrogens with zero attached hydrogens (tertiary/aromatic N) is 3. The van der Waals surface area contributed by atoms with Gasteiger partial charge in [0.05, 0.1) is 12.3 Å². The third-order valence-corrected chi connectivity index (χ3v) is 5.06. The second kappa shape index (κ2) is 6.61. The van der Waals surface area contributed by atoms with E-state index in [1.54, 1.807) is 0 Å². The van der Waals surface area contributed by atoms with Crippen molar-refractivity contribution in [3.63, 3.8) is 0 Å². The molecule has 0 amide bonds. The van der Waals surface area contributed by atoms with E-state index in [1.165, 1.54) is 0 Å². The molecule has 3 heterocycles. The van der Waals surface area contributed by atoms with Gasteiger partial charge in [-0.2, -0.15) is 0 Å². The van der Waals surface area contributed by atoms with E-state index in [9.17, 15) is 13.2 Å². The number of fused-ring (bicyclic) bond motifs is 1. The Kier molecular flexibility index (Phi) is 4.42. The molecule has 0 spiro atoms. The summed E-state index contributed by atoms with van der Waals surface area (Å²) in [6, 6.07) is 0.888. The van der Waals surface area contributed by atoms with Crippen LogP contribution in [0, 0.1) is 24.4 Å². The molecule has 3 atom stereocenters. The van der Waals surface area contributed by atoms with Gasteiger partial charge >= 0.3 is 0 Å². The Morgan fingerprint density at radius 1 is 1.15 bits per heavy atom. The number of hydrogen-bond donors (Lipinski definition) is 1. The minimum Gasteiger partial charge on any atom is -0.370 e. The zero-order valence-corrected chi connectivity index (χ0v) is 14.3. The number of hydrogen-bond acceptors (Lipinski definition) is 5. The van der Waals surface area contributed by atoms with Gasteiger partial charge in [0.15, 0.2) is 11.6 Å². The van der Waals surface area contributed by atoms with Gasteiger partial charge in [-0.1, -0.05) is 0 Å². The van der Waals surface area contributed by atoms with Gasteiger partial charge in [0.25, 0.3) is 0 Å². The minimum absolute atomic E-state index is 0.0407. The van der Waals surface area contributed by atoms with Gasteiger partial charge in [-0.3, -0.25) is 4.90 Å². The van der Waals surface area contributed by atoms with Crippen molar-refractivity contribution in [2.45, 2.75) is 44.6 Å². The molecule has 0 saturated carbocycles. The van der Waals surface area contributed by atoms with E-state index >= 15 is 0 Å². The Morgan fingerprint density at radius 3 is 2.69 bits per heavy atom. The SMILES string of the molecule is Cc1ncc2c(n1)CN(C1COC(c3cc(F)c(F)cc3F)[C@@H](N)C1)C2. The summed E-state index contributed by atoms with van der Waals surface area (Å²) in [6.07, 6.45) is 1.60. The van der Waals surface area contributed by atoms with Crippen LogP contribution in [-0.4, -0.2) is 33.6 Å². The van der Waals surface area contributed by atoms with E-state index in [-0.39, 0.29) is 11.6 Å². The van der Waals surface area contributed by atoms with Gasteiger partial charge in [0.1, 0.15) is 17.7 Å². The lowest BCUT2D eigenvalue weighted by atomic mass is 9.93. The third kappa shape index (κ3) is 3.08. The molecule has 2 aliphatic rings. The Morgan fingerprint density at radius 2 is 1.92 bits per heavy atom. The minimum atomic E-state index is -1.22. The molecule has 8 heteroatoms. The van der Waals surface area contributed by atoms with E-state index in [0.29, 0.717) is 32.2 Å². The standard InChI is InChI=1S/C18H19F3N4O/c1-9-23-5-10-6-25(7-17(10)24-9)11-2-16(22)18(26-8-11)12-3-14(20)15(21)4-13(12)19/h3-5,11,16,18H,2,6-8,22H2,1H3/t11?,16-,18?/m0/s1. The van der Waals surface area contributed by atoms with E-state index in [2.05, 4.69) is 14.9 Å². The van der Waals surface area contributed by atoms with Crippen molar-refractivity contribution in [1.29, 1.82) is 0 Å². The molecular weight excluding hydrogens is 345 g/mol. The summed E-state index contributed by atoms with van der Waals surface area (Å²) in [5, 5.41) is 0. The van der Waals surface area contributed by atoms with E-state index < -0.39 is 29.6 Å². The van der Waals surface area contributed by atoms with Crippen LogP contribution in [0.1, 0.15) is 35.2 Å². The Balaban J connectivity index is 1.47. The van der Waals surface area contributed by atoms with Crippen molar-refractivity contribution in [2.24, 2.45) is 5.73 Å². The van der Waals surface area contributed by atoms with Crippen LogP contribution in [0.3, 0.4) is 0 Å². The Hall–Kier alpha value is -2.03. The van der Waals surface area contributed by atoms with Crippen LogP contribution in [0.25, 0.3) is 0 Å². The average molecular weight is 364 g/mol. The highest BCUT2D eigenvalue weighted by Gasteiger charge is 2.37. The highest BCUT2D eigenvalue weighted by Crippen LogP contribution is 2.34. The summed E-state index contributed by atoms with van der Waals surface area (Å²) in [7, 11) is 0. The summed E-state index contributed by atoms with van der Waals surface area (Å²) in [6.45, 7) is 3.57. The van der Waals surface area contributed by atoms with Crippen LogP contribution in [0.15, 0.2) is 18.3 Å². The molecule has 5 nitrogen and oxygen atoms in total. The fourth-order valence-corrected chi connectivity index (χ4v) is 3.71. The molecule has 138 valence electrons. The third-order valence-electron chi connectivity index (χ3n) is 5.06. The largest absolute Gasteiger partial charge is 0.370 e. The van der Waals surface area contributed by atoms with Gasteiger partial charge < -0.3 is 10.5 Å². The summed E-state index contributed by atoms with van der Waals surface area (Å²) in [5.74, 6) is -2.44. The average Bonchev–Trinajstić information content (AvgIpc) is 3.01. The quantitative estimate of drug-likeness (QED) is 0.829. The number of rotatable bonds is 2. The first-order valence-corrected chi connectivity index (χ1v) is 8.49. The first-order chi connectivity index (χ1) is 12.4. The van der Waals surface area contributed by atoms with Gasteiger partial charge in [0.2, 0.25) is 0 Å². The van der Waals surface area contributed by atoms with Crippen LogP contribution in [0.4, 0.5) is 13.2 Å². The van der Waals surface area contributed by atoms with Crippen molar-refractivity contribution in [3.8, 4) is 0 Å². The maximum absolute atomic E-state index is 14.0. The lowest BCUT2D eigenvalue weighted by molar-refractivity contribution is -0.0532. The predicted molar refractivity (Wildman–Crippen MR) is 87.4 cm³/mol.